The molecule has 1 fully saturated rings. The van der Waals surface area contributed by atoms with Gasteiger partial charge in [-0.15, -0.1) is 0 Å². The van der Waals surface area contributed by atoms with E-state index < -0.39 is 0 Å². The van der Waals surface area contributed by atoms with E-state index in [1.165, 1.54) is 24.3 Å². The van der Waals surface area contributed by atoms with Crippen molar-refractivity contribution in [3.05, 3.63) is 77.0 Å². The van der Waals surface area contributed by atoms with Crippen LogP contribution in [0.2, 0.25) is 0 Å². The molecule has 132 valence electrons. The van der Waals surface area contributed by atoms with Gasteiger partial charge in [-0.25, -0.2) is 8.78 Å². The molecule has 3 aromatic rings. The molecule has 0 saturated carbocycles. The molecule has 1 aromatic heterocycles. The third-order valence-electron chi connectivity index (χ3n) is 4.95. The molecule has 0 bridgehead atoms. The number of nitrogens with zero attached hydrogens (tertiary/aromatic N) is 2. The number of amides is 1. The lowest BCUT2D eigenvalue weighted by Crippen LogP contribution is -2.28. The maximum Gasteiger partial charge on any atom is 0.254 e. The first-order chi connectivity index (χ1) is 12.5. The van der Waals surface area contributed by atoms with Crippen molar-refractivity contribution in [2.75, 3.05) is 13.1 Å². The van der Waals surface area contributed by atoms with Gasteiger partial charge in [-0.3, -0.25) is 9.78 Å². The normalized spacial score (nSPS) is 17.0. The van der Waals surface area contributed by atoms with Crippen molar-refractivity contribution in [2.45, 2.75) is 19.3 Å². The fourth-order valence-electron chi connectivity index (χ4n) is 3.63. The molecule has 4 rings (SSSR count). The van der Waals surface area contributed by atoms with Gasteiger partial charge in [0.25, 0.3) is 5.91 Å². The summed E-state index contributed by atoms with van der Waals surface area (Å²) >= 11 is 0. The second kappa shape index (κ2) is 6.48. The van der Waals surface area contributed by atoms with Crippen molar-refractivity contribution in [1.82, 2.24) is 9.88 Å². The van der Waals surface area contributed by atoms with Gasteiger partial charge in [0.2, 0.25) is 0 Å². The molecule has 5 heteroatoms. The highest BCUT2D eigenvalue weighted by Crippen LogP contribution is 2.30. The van der Waals surface area contributed by atoms with Crippen LogP contribution in [0.15, 0.2) is 48.5 Å². The smallest absolute Gasteiger partial charge is 0.254 e. The summed E-state index contributed by atoms with van der Waals surface area (Å²) in [5, 5.41) is 0.659. The Morgan fingerprint density at radius 2 is 1.81 bits per heavy atom. The van der Waals surface area contributed by atoms with E-state index in [-0.39, 0.29) is 23.5 Å². The Labute approximate surface area is 150 Å². The first-order valence-corrected chi connectivity index (χ1v) is 8.63. The summed E-state index contributed by atoms with van der Waals surface area (Å²) in [6.07, 6.45) is 0.841. The van der Waals surface area contributed by atoms with E-state index in [2.05, 4.69) is 4.98 Å². The zero-order valence-corrected chi connectivity index (χ0v) is 14.4. The molecule has 2 aromatic carbocycles. The van der Waals surface area contributed by atoms with Crippen molar-refractivity contribution >= 4 is 16.8 Å². The molecule has 2 heterocycles. The fourth-order valence-corrected chi connectivity index (χ4v) is 3.63. The van der Waals surface area contributed by atoms with Gasteiger partial charge in [0, 0.05) is 36.2 Å². The predicted molar refractivity (Wildman–Crippen MR) is 96.1 cm³/mol. The van der Waals surface area contributed by atoms with E-state index in [4.69, 9.17) is 0 Å². The van der Waals surface area contributed by atoms with Gasteiger partial charge in [-0.05, 0) is 49.2 Å². The van der Waals surface area contributed by atoms with Crippen LogP contribution in [-0.2, 0) is 0 Å². The Hall–Kier alpha value is -2.82. The first-order valence-electron chi connectivity index (χ1n) is 8.63. The number of aromatic nitrogens is 1. The molecule has 26 heavy (non-hydrogen) atoms. The predicted octanol–water partition coefficient (Wildman–Crippen LogP) is 4.45. The average Bonchev–Trinajstić information content (AvgIpc) is 3.10. The van der Waals surface area contributed by atoms with Crippen LogP contribution in [0.3, 0.4) is 0 Å². The van der Waals surface area contributed by atoms with Crippen LogP contribution in [0.5, 0.6) is 0 Å². The highest BCUT2D eigenvalue weighted by atomic mass is 19.1. The van der Waals surface area contributed by atoms with Crippen molar-refractivity contribution < 1.29 is 13.6 Å². The number of rotatable bonds is 2. The number of benzene rings is 2. The van der Waals surface area contributed by atoms with E-state index in [0.29, 0.717) is 35.2 Å². The molecular weight excluding hydrogens is 334 g/mol. The minimum atomic E-state index is -0.369. The summed E-state index contributed by atoms with van der Waals surface area (Å²) in [5.41, 5.74) is 2.76. The Morgan fingerprint density at radius 3 is 2.58 bits per heavy atom. The summed E-state index contributed by atoms with van der Waals surface area (Å²) in [6.45, 7) is 3.03. The number of fused-ring (bicyclic) bond motifs is 1. The minimum absolute atomic E-state index is 0.0725. The number of halogens is 2. The second-order valence-corrected chi connectivity index (χ2v) is 6.76. The lowest BCUT2D eigenvalue weighted by Gasteiger charge is -2.18. The third kappa shape index (κ3) is 3.05. The van der Waals surface area contributed by atoms with Crippen LogP contribution in [0.4, 0.5) is 8.78 Å². The lowest BCUT2D eigenvalue weighted by molar-refractivity contribution is 0.0792. The summed E-state index contributed by atoms with van der Waals surface area (Å²) in [5.74, 6) is -0.500. The zero-order valence-electron chi connectivity index (χ0n) is 14.4. The van der Waals surface area contributed by atoms with Gasteiger partial charge < -0.3 is 4.90 Å². The van der Waals surface area contributed by atoms with Gasteiger partial charge in [0.1, 0.15) is 11.6 Å². The highest BCUT2D eigenvalue weighted by Gasteiger charge is 2.29. The van der Waals surface area contributed by atoms with Crippen LogP contribution in [0.25, 0.3) is 10.9 Å². The SMILES string of the molecule is Cc1cc(C(=O)N2CCC(c3ccc(F)cc3)C2)c2ccc(F)cc2n1. The number of hydrogen-bond acceptors (Lipinski definition) is 2. The molecule has 0 spiro atoms. The standard InChI is InChI=1S/C21H18F2N2O/c1-13-10-19(18-7-6-17(23)11-20(18)24-13)21(26)25-9-8-15(12-25)14-2-4-16(22)5-3-14/h2-7,10-11,15H,8-9,12H2,1H3. The molecule has 1 aliphatic rings. The monoisotopic (exact) mass is 352 g/mol. The number of carbonyl (C=O) groups is 1. The van der Waals surface area contributed by atoms with Gasteiger partial charge in [-0.2, -0.15) is 0 Å². The molecule has 0 N–H and O–H groups in total. The number of hydrogen-bond donors (Lipinski definition) is 0. The van der Waals surface area contributed by atoms with Crippen LogP contribution < -0.4 is 0 Å². The maximum atomic E-state index is 13.5. The van der Waals surface area contributed by atoms with Crippen molar-refractivity contribution in [1.29, 1.82) is 0 Å². The second-order valence-electron chi connectivity index (χ2n) is 6.76. The van der Waals surface area contributed by atoms with Crippen molar-refractivity contribution in [2.24, 2.45) is 0 Å². The molecule has 1 atom stereocenters. The maximum absolute atomic E-state index is 13.5. The molecule has 3 nitrogen and oxygen atoms in total. The average molecular weight is 352 g/mol. The van der Waals surface area contributed by atoms with E-state index in [1.54, 1.807) is 31.2 Å². The molecule has 1 aliphatic heterocycles. The quantitative estimate of drug-likeness (QED) is 0.683. The van der Waals surface area contributed by atoms with Gasteiger partial charge in [-0.1, -0.05) is 12.1 Å². The third-order valence-corrected chi connectivity index (χ3v) is 4.95. The molecule has 0 aliphatic carbocycles. The molecule has 1 amide bonds. The number of carbonyl (C=O) groups excluding carboxylic acids is 1. The van der Waals surface area contributed by atoms with E-state index >= 15 is 0 Å². The number of aryl methyl sites for hydroxylation is 1. The van der Waals surface area contributed by atoms with Crippen LogP contribution in [-0.4, -0.2) is 28.9 Å². The summed E-state index contributed by atoms with van der Waals surface area (Å²) in [6, 6.07) is 12.5. The first kappa shape index (κ1) is 16.6. The Kier molecular flexibility index (Phi) is 4.15. The largest absolute Gasteiger partial charge is 0.338 e. The molecular formula is C21H18F2N2O. The van der Waals surface area contributed by atoms with Gasteiger partial charge in [0.15, 0.2) is 0 Å². The van der Waals surface area contributed by atoms with Gasteiger partial charge >= 0.3 is 0 Å². The lowest BCUT2D eigenvalue weighted by atomic mass is 9.98. The van der Waals surface area contributed by atoms with E-state index in [1.807, 2.05) is 4.90 Å². The summed E-state index contributed by atoms with van der Waals surface area (Å²) in [4.78, 5) is 19.2. The zero-order chi connectivity index (χ0) is 18.3. The highest BCUT2D eigenvalue weighted by molar-refractivity contribution is 6.06. The Balaban J connectivity index is 1.62. The number of likely N-dealkylation sites (tertiary alicyclic amines) is 1. The summed E-state index contributed by atoms with van der Waals surface area (Å²) in [7, 11) is 0. The van der Waals surface area contributed by atoms with Crippen LogP contribution in [0, 0.1) is 18.6 Å². The number of pyridine rings is 1. The molecule has 1 unspecified atom stereocenters. The fraction of sp³-hybridized carbons (Fsp3) is 0.238. The minimum Gasteiger partial charge on any atom is -0.338 e. The Bertz CT molecular complexity index is 980. The topological polar surface area (TPSA) is 33.2 Å². The molecule has 1 saturated heterocycles. The molecule has 0 radical (unpaired) electrons. The van der Waals surface area contributed by atoms with Crippen LogP contribution in [0.1, 0.15) is 34.0 Å². The van der Waals surface area contributed by atoms with Crippen LogP contribution >= 0.6 is 0 Å². The van der Waals surface area contributed by atoms with Crippen molar-refractivity contribution in [3.8, 4) is 0 Å². The van der Waals surface area contributed by atoms with E-state index in [0.717, 1.165) is 12.0 Å². The van der Waals surface area contributed by atoms with Gasteiger partial charge in [0.05, 0.1) is 11.1 Å². The summed E-state index contributed by atoms with van der Waals surface area (Å²) < 4.78 is 26.6. The van der Waals surface area contributed by atoms with E-state index in [9.17, 15) is 13.6 Å². The van der Waals surface area contributed by atoms with Crippen molar-refractivity contribution in [3.63, 3.8) is 0 Å². The Morgan fingerprint density at radius 1 is 1.08 bits per heavy atom.